The number of carbonyl (C=O) groups is 3. The maximum absolute atomic E-state index is 12.8. The van der Waals surface area contributed by atoms with E-state index in [1.165, 1.54) is 28.4 Å². The second-order valence-corrected chi connectivity index (χ2v) is 10.4. The van der Waals surface area contributed by atoms with E-state index in [2.05, 4.69) is 15.3 Å². The number of nitrogens with one attached hydrogen (secondary N) is 1. The van der Waals surface area contributed by atoms with Crippen molar-refractivity contribution in [1.29, 1.82) is 0 Å². The molecule has 0 unspecified atom stereocenters. The van der Waals surface area contributed by atoms with E-state index in [0.29, 0.717) is 28.5 Å². The molecule has 2 aromatic heterocycles. The number of amides is 2. The molecule has 172 valence electrons. The van der Waals surface area contributed by atoms with Gasteiger partial charge < -0.3 is 16.2 Å². The van der Waals surface area contributed by atoms with Gasteiger partial charge in [-0.2, -0.15) is 0 Å². The molecule has 0 aromatic carbocycles. The zero-order valence-electron chi connectivity index (χ0n) is 16.9. The summed E-state index contributed by atoms with van der Waals surface area (Å²) in [7, 11) is 0. The van der Waals surface area contributed by atoms with Crippen LogP contribution in [0.15, 0.2) is 45.9 Å². The van der Waals surface area contributed by atoms with E-state index in [0.717, 1.165) is 22.6 Å². The number of aryl methyl sites for hydroxylation is 1. The number of carboxylic acids is 1. The average Bonchev–Trinajstić information content (AvgIpc) is 3.23. The van der Waals surface area contributed by atoms with Crippen molar-refractivity contribution in [3.8, 4) is 0 Å². The summed E-state index contributed by atoms with van der Waals surface area (Å²) in [6, 6.07) is 4.79. The Hall–Kier alpha value is -2.54. The van der Waals surface area contributed by atoms with Gasteiger partial charge in [0, 0.05) is 39.2 Å². The van der Waals surface area contributed by atoms with Crippen molar-refractivity contribution in [2.45, 2.75) is 17.8 Å². The fraction of sp³-hybridized carbons (Fsp3) is 0.250. The van der Waals surface area contributed by atoms with Crippen molar-refractivity contribution < 1.29 is 19.5 Å². The molecule has 33 heavy (non-hydrogen) atoms. The molecular weight excluding hydrogens is 506 g/mol. The second-order valence-electron chi connectivity index (χ2n) is 6.95. The molecule has 9 nitrogen and oxygen atoms in total. The highest BCUT2D eigenvalue weighted by Gasteiger charge is 2.54. The van der Waals surface area contributed by atoms with Crippen LogP contribution < -0.4 is 11.1 Å². The van der Waals surface area contributed by atoms with Crippen LogP contribution in [0.1, 0.15) is 11.4 Å². The summed E-state index contributed by atoms with van der Waals surface area (Å²) in [5.74, 6) is -1.16. The Kier molecular flexibility index (Phi) is 7.27. The van der Waals surface area contributed by atoms with Crippen molar-refractivity contribution >= 4 is 74.9 Å². The van der Waals surface area contributed by atoms with Gasteiger partial charge in [0.1, 0.15) is 17.1 Å². The summed E-state index contributed by atoms with van der Waals surface area (Å²) in [6.45, 7) is 0. The number of carbonyl (C=O) groups excluding carboxylic acids is 2. The number of β-lactam (4-membered cyclic amide) rings is 1. The number of hydrogen-bond acceptors (Lipinski definition) is 9. The fourth-order valence-electron chi connectivity index (χ4n) is 3.38. The van der Waals surface area contributed by atoms with Gasteiger partial charge in [0.2, 0.25) is 0 Å². The number of thiazole rings is 1. The first kappa shape index (κ1) is 23.6. The van der Waals surface area contributed by atoms with Gasteiger partial charge in [0.25, 0.3) is 11.8 Å². The Bertz CT molecular complexity index is 1150. The van der Waals surface area contributed by atoms with Gasteiger partial charge >= 0.3 is 5.97 Å². The summed E-state index contributed by atoms with van der Waals surface area (Å²) in [5, 5.41) is 13.8. The average molecular weight is 524 g/mol. The van der Waals surface area contributed by atoms with Crippen molar-refractivity contribution in [3.05, 3.63) is 57.3 Å². The van der Waals surface area contributed by atoms with Gasteiger partial charge in [-0.15, -0.1) is 34.9 Å². The van der Waals surface area contributed by atoms with Crippen LogP contribution in [0.4, 0.5) is 5.13 Å². The number of hydrogen-bond donors (Lipinski definition) is 3. The van der Waals surface area contributed by atoms with E-state index >= 15 is 0 Å². The van der Waals surface area contributed by atoms with E-state index in [4.69, 9.17) is 17.3 Å². The first-order chi connectivity index (χ1) is 15.9. The molecule has 13 heteroatoms. The van der Waals surface area contributed by atoms with Crippen LogP contribution in [0.3, 0.4) is 0 Å². The molecule has 4 N–H and O–H groups in total. The van der Waals surface area contributed by atoms with Crippen LogP contribution in [-0.4, -0.2) is 60.7 Å². The minimum absolute atomic E-state index is 0.0272. The molecule has 1 saturated heterocycles. The lowest BCUT2D eigenvalue weighted by atomic mass is 10.0. The number of thioether (sulfide) groups is 2. The number of nitrogens with two attached hydrogens (primary N) is 1. The highest BCUT2D eigenvalue weighted by molar-refractivity contribution is 8.06. The number of nitrogen functional groups attached to an aromatic ring is 1. The number of nitrogens with zero attached hydrogens (tertiary/aromatic N) is 3. The monoisotopic (exact) mass is 523 g/mol. The maximum atomic E-state index is 12.8. The molecule has 2 aromatic rings. The Morgan fingerprint density at radius 3 is 2.88 bits per heavy atom. The number of rotatable bonds is 8. The van der Waals surface area contributed by atoms with Gasteiger partial charge in [-0.3, -0.25) is 19.5 Å². The molecule has 0 aliphatic carbocycles. The molecule has 0 bridgehead atoms. The lowest BCUT2D eigenvalue weighted by Crippen LogP contribution is -2.70. The molecule has 0 radical (unpaired) electrons. The first-order valence-corrected chi connectivity index (χ1v) is 13.0. The highest BCUT2D eigenvalue weighted by atomic mass is 35.5. The molecule has 4 heterocycles. The zero-order chi connectivity index (χ0) is 23.5. The van der Waals surface area contributed by atoms with Gasteiger partial charge in [-0.25, -0.2) is 9.78 Å². The first-order valence-electron chi connectivity index (χ1n) is 9.67. The second kappa shape index (κ2) is 10.2. The molecule has 0 saturated carbocycles. The number of halogens is 1. The Morgan fingerprint density at radius 2 is 2.24 bits per heavy atom. The largest absolute Gasteiger partial charge is 0.477 e. The number of carboxylic acid groups (broad SMARTS) is 1. The normalized spacial score (nSPS) is 20.3. The van der Waals surface area contributed by atoms with Crippen LogP contribution >= 0.6 is 46.5 Å². The van der Waals surface area contributed by atoms with Gasteiger partial charge in [-0.05, 0) is 18.6 Å². The molecule has 0 spiro atoms. The third-order valence-electron chi connectivity index (χ3n) is 4.93. The highest BCUT2D eigenvalue weighted by Crippen LogP contribution is 2.43. The zero-order valence-corrected chi connectivity index (χ0v) is 20.1. The van der Waals surface area contributed by atoms with Crippen molar-refractivity contribution in [3.63, 3.8) is 0 Å². The standard InChI is InChI=1S/C20H18ClN5O4S3/c21-7-11(12-8-33-20(22)24-12)16(27)25-14-17(28)26-15(19(29)30)13(9-32-18(14)26)31-6-4-10-3-1-2-5-23-10/h1-3,5,7-8,14,18H,4,6,9H2,(H2,22,24)(H,25,27)(H,29,30)/b11-7-/t14-,18-/m1/s1. The van der Waals surface area contributed by atoms with E-state index in [-0.39, 0.29) is 16.4 Å². The predicted molar refractivity (Wildman–Crippen MR) is 130 cm³/mol. The number of aliphatic carboxylic acids is 1. The quantitative estimate of drug-likeness (QED) is 0.351. The molecule has 2 aliphatic heterocycles. The van der Waals surface area contributed by atoms with E-state index in [9.17, 15) is 19.5 Å². The summed E-state index contributed by atoms with van der Waals surface area (Å²) >= 11 is 9.78. The Labute approximate surface area is 206 Å². The van der Waals surface area contributed by atoms with Crippen molar-refractivity contribution in [1.82, 2.24) is 20.2 Å². The fourth-order valence-corrected chi connectivity index (χ4v) is 6.76. The van der Waals surface area contributed by atoms with Gasteiger partial charge in [0.15, 0.2) is 5.13 Å². The molecule has 2 atom stereocenters. The maximum Gasteiger partial charge on any atom is 0.353 e. The predicted octanol–water partition coefficient (Wildman–Crippen LogP) is 2.37. The van der Waals surface area contributed by atoms with Crippen LogP contribution in [0.25, 0.3) is 5.57 Å². The van der Waals surface area contributed by atoms with E-state index in [1.54, 1.807) is 11.6 Å². The smallest absolute Gasteiger partial charge is 0.353 e. The number of anilines is 1. The SMILES string of the molecule is Nc1nc(/C(=C/Cl)C(=O)N[C@@H]2C(=O)N3C(C(=O)O)=C(SCCc4ccccn4)CS[C@H]23)cs1. The van der Waals surface area contributed by atoms with Crippen molar-refractivity contribution in [2.75, 3.05) is 17.2 Å². The number of aromatic nitrogens is 2. The Balaban J connectivity index is 1.44. The van der Waals surface area contributed by atoms with Gasteiger partial charge in [-0.1, -0.05) is 17.7 Å². The minimum Gasteiger partial charge on any atom is -0.477 e. The third kappa shape index (κ3) is 4.88. The van der Waals surface area contributed by atoms with E-state index in [1.807, 2.05) is 18.2 Å². The third-order valence-corrected chi connectivity index (χ3v) is 8.38. The topological polar surface area (TPSA) is 139 Å². The minimum atomic E-state index is -1.17. The Morgan fingerprint density at radius 1 is 1.42 bits per heavy atom. The molecule has 2 aliphatic rings. The summed E-state index contributed by atoms with van der Waals surface area (Å²) in [5.41, 5.74) is 7.97. The molecule has 1 fully saturated rings. The molecule has 2 amide bonds. The number of pyridine rings is 1. The summed E-state index contributed by atoms with van der Waals surface area (Å²) in [6.07, 6.45) is 2.39. The summed E-state index contributed by atoms with van der Waals surface area (Å²) < 4.78 is 0. The van der Waals surface area contributed by atoms with Crippen molar-refractivity contribution in [2.24, 2.45) is 0 Å². The van der Waals surface area contributed by atoms with Gasteiger partial charge in [0.05, 0.1) is 11.3 Å². The van der Waals surface area contributed by atoms with E-state index < -0.39 is 29.2 Å². The summed E-state index contributed by atoms with van der Waals surface area (Å²) in [4.78, 5) is 47.7. The number of fused-ring (bicyclic) bond motifs is 1. The molecular formula is C20H18ClN5O4S3. The lowest BCUT2D eigenvalue weighted by Gasteiger charge is -2.49. The van der Waals surface area contributed by atoms with Crippen LogP contribution in [0.5, 0.6) is 0 Å². The lowest BCUT2D eigenvalue weighted by molar-refractivity contribution is -0.150. The molecule has 4 rings (SSSR count). The van der Waals surface area contributed by atoms with Crippen LogP contribution in [-0.2, 0) is 20.8 Å². The van der Waals surface area contributed by atoms with Crippen LogP contribution in [0.2, 0.25) is 0 Å². The van der Waals surface area contributed by atoms with Crippen LogP contribution in [0, 0.1) is 0 Å².